The highest BCUT2D eigenvalue weighted by molar-refractivity contribution is 7.84. The van der Waals surface area contributed by atoms with Crippen LogP contribution in [-0.2, 0) is 17.2 Å². The lowest BCUT2D eigenvalue weighted by molar-refractivity contribution is 0.626. The molecule has 0 spiro atoms. The van der Waals surface area contributed by atoms with Crippen molar-refractivity contribution in [3.05, 3.63) is 30.1 Å². The summed E-state index contributed by atoms with van der Waals surface area (Å²) in [7, 11) is -0.704. The Hall–Kier alpha value is -0.740. The molecule has 0 aromatic carbocycles. The molecule has 1 rings (SSSR count). The molecule has 0 saturated carbocycles. The van der Waals surface area contributed by atoms with E-state index in [4.69, 9.17) is 0 Å². The minimum Gasteiger partial charge on any atom is -0.316 e. The Labute approximate surface area is 100 Å². The smallest absolute Gasteiger partial charge is 0.0416 e. The summed E-state index contributed by atoms with van der Waals surface area (Å²) in [5.41, 5.74) is 1.11. The first-order chi connectivity index (χ1) is 7.70. The van der Waals surface area contributed by atoms with Gasteiger partial charge in [-0.3, -0.25) is 9.19 Å². The Balaban J connectivity index is 2.07. The maximum atomic E-state index is 11.1. The number of hydrogen-bond donors (Lipinski definition) is 1. The van der Waals surface area contributed by atoms with Crippen molar-refractivity contribution in [1.82, 2.24) is 10.3 Å². The summed E-state index contributed by atoms with van der Waals surface area (Å²) in [5, 5.41) is 3.63. The average molecular weight is 240 g/mol. The third-order valence-corrected chi connectivity index (χ3v) is 3.95. The minimum absolute atomic E-state index is 0.280. The van der Waals surface area contributed by atoms with Crippen LogP contribution in [0.3, 0.4) is 0 Å². The second-order valence-electron chi connectivity index (χ2n) is 3.92. The summed E-state index contributed by atoms with van der Waals surface area (Å²) < 4.78 is 11.1. The molecule has 4 heteroatoms. The van der Waals surface area contributed by atoms with E-state index in [2.05, 4.69) is 10.3 Å². The molecule has 1 heterocycles. The van der Waals surface area contributed by atoms with Gasteiger partial charge in [-0.25, -0.2) is 0 Å². The standard InChI is InChI=1S/C12H20N2OS/c1-11(16(2)15)6-9-13-10-7-12-5-3-4-8-14-12/h3-5,8,11,13H,6-7,9-10H2,1-2H3. The van der Waals surface area contributed by atoms with Crippen LogP contribution in [0, 0.1) is 0 Å². The summed E-state index contributed by atoms with van der Waals surface area (Å²) in [6.45, 7) is 3.88. The molecule has 16 heavy (non-hydrogen) atoms. The Morgan fingerprint density at radius 2 is 2.25 bits per heavy atom. The van der Waals surface area contributed by atoms with Crippen molar-refractivity contribution in [2.45, 2.75) is 25.0 Å². The summed E-state index contributed by atoms with van der Waals surface area (Å²) in [6, 6.07) is 5.96. The highest BCUT2D eigenvalue weighted by atomic mass is 32.2. The Morgan fingerprint density at radius 1 is 1.44 bits per heavy atom. The lowest BCUT2D eigenvalue weighted by atomic mass is 10.2. The van der Waals surface area contributed by atoms with Gasteiger partial charge in [0.05, 0.1) is 0 Å². The van der Waals surface area contributed by atoms with Crippen molar-refractivity contribution < 1.29 is 4.21 Å². The molecule has 0 saturated heterocycles. The van der Waals surface area contributed by atoms with Crippen LogP contribution < -0.4 is 5.32 Å². The number of nitrogens with one attached hydrogen (secondary N) is 1. The van der Waals surface area contributed by atoms with E-state index in [-0.39, 0.29) is 5.25 Å². The zero-order valence-corrected chi connectivity index (χ0v) is 10.8. The van der Waals surface area contributed by atoms with Crippen LogP contribution in [0.25, 0.3) is 0 Å². The van der Waals surface area contributed by atoms with Crippen molar-refractivity contribution in [2.75, 3.05) is 19.3 Å². The van der Waals surface area contributed by atoms with E-state index in [1.807, 2.05) is 31.3 Å². The van der Waals surface area contributed by atoms with Crippen molar-refractivity contribution in [3.8, 4) is 0 Å². The lowest BCUT2D eigenvalue weighted by Gasteiger charge is -2.08. The first kappa shape index (κ1) is 13.3. The van der Waals surface area contributed by atoms with Gasteiger partial charge in [0.25, 0.3) is 0 Å². The highest BCUT2D eigenvalue weighted by Gasteiger charge is 2.04. The molecule has 1 N–H and O–H groups in total. The summed E-state index contributed by atoms with van der Waals surface area (Å²) >= 11 is 0. The molecule has 1 aromatic rings. The molecule has 0 fully saturated rings. The normalized spacial score (nSPS) is 14.6. The van der Waals surface area contributed by atoms with Crippen molar-refractivity contribution in [2.24, 2.45) is 0 Å². The van der Waals surface area contributed by atoms with Gasteiger partial charge in [-0.1, -0.05) is 13.0 Å². The molecule has 0 aliphatic heterocycles. The first-order valence-electron chi connectivity index (χ1n) is 5.63. The number of pyridine rings is 1. The monoisotopic (exact) mass is 240 g/mol. The van der Waals surface area contributed by atoms with E-state index >= 15 is 0 Å². The predicted molar refractivity (Wildman–Crippen MR) is 69.0 cm³/mol. The fourth-order valence-corrected chi connectivity index (χ4v) is 1.81. The zero-order valence-electron chi connectivity index (χ0n) is 9.98. The van der Waals surface area contributed by atoms with E-state index in [1.54, 1.807) is 6.26 Å². The van der Waals surface area contributed by atoms with Gasteiger partial charge in [0.1, 0.15) is 0 Å². The van der Waals surface area contributed by atoms with Crippen molar-refractivity contribution in [1.29, 1.82) is 0 Å². The molecular weight excluding hydrogens is 220 g/mol. The van der Waals surface area contributed by atoms with Gasteiger partial charge in [-0.2, -0.15) is 0 Å². The van der Waals surface area contributed by atoms with Gasteiger partial charge < -0.3 is 5.32 Å². The van der Waals surface area contributed by atoms with Crippen molar-refractivity contribution >= 4 is 10.8 Å². The maximum absolute atomic E-state index is 11.1. The molecular formula is C12H20N2OS. The second-order valence-corrected chi connectivity index (χ2v) is 5.72. The number of nitrogens with zero attached hydrogens (tertiary/aromatic N) is 1. The zero-order chi connectivity index (χ0) is 11.8. The molecule has 1 aromatic heterocycles. The number of aromatic nitrogens is 1. The fraction of sp³-hybridized carbons (Fsp3) is 0.583. The topological polar surface area (TPSA) is 42.0 Å². The predicted octanol–water partition coefficient (Wildman–Crippen LogP) is 1.37. The van der Waals surface area contributed by atoms with E-state index in [0.717, 1.165) is 31.6 Å². The molecule has 0 radical (unpaired) electrons. The SMILES string of the molecule is CC(CCNCCc1ccccn1)S(C)=O. The first-order valence-corrected chi connectivity index (χ1v) is 7.25. The van der Waals surface area contributed by atoms with E-state index in [0.29, 0.717) is 0 Å². The van der Waals surface area contributed by atoms with Gasteiger partial charge in [-0.15, -0.1) is 0 Å². The summed E-state index contributed by atoms with van der Waals surface area (Å²) in [6.07, 6.45) is 5.49. The van der Waals surface area contributed by atoms with Gasteiger partial charge in [0.2, 0.25) is 0 Å². The van der Waals surface area contributed by atoms with Crippen LogP contribution in [0.15, 0.2) is 24.4 Å². The third-order valence-electron chi connectivity index (χ3n) is 2.58. The van der Waals surface area contributed by atoms with Crippen LogP contribution in [0.2, 0.25) is 0 Å². The molecule has 0 amide bonds. The number of rotatable bonds is 7. The van der Waals surface area contributed by atoms with Crippen LogP contribution in [-0.4, -0.2) is 33.8 Å². The average Bonchev–Trinajstić information content (AvgIpc) is 2.29. The molecule has 0 bridgehead atoms. The summed E-state index contributed by atoms with van der Waals surface area (Å²) in [5.74, 6) is 0. The van der Waals surface area contributed by atoms with Gasteiger partial charge in [-0.05, 0) is 25.1 Å². The maximum Gasteiger partial charge on any atom is 0.0416 e. The van der Waals surface area contributed by atoms with Crippen LogP contribution in [0.4, 0.5) is 0 Å². The number of hydrogen-bond acceptors (Lipinski definition) is 3. The fourth-order valence-electron chi connectivity index (χ4n) is 1.36. The van der Waals surface area contributed by atoms with Crippen LogP contribution in [0.1, 0.15) is 19.0 Å². The summed E-state index contributed by atoms with van der Waals surface area (Å²) in [4.78, 5) is 4.25. The van der Waals surface area contributed by atoms with Gasteiger partial charge in [0.15, 0.2) is 0 Å². The molecule has 0 aliphatic carbocycles. The quantitative estimate of drug-likeness (QED) is 0.732. The Bertz CT molecular complexity index is 316. The molecule has 90 valence electrons. The minimum atomic E-state index is -0.704. The van der Waals surface area contributed by atoms with E-state index in [9.17, 15) is 4.21 Å². The van der Waals surface area contributed by atoms with Gasteiger partial charge >= 0.3 is 0 Å². The third kappa shape index (κ3) is 5.37. The lowest BCUT2D eigenvalue weighted by Crippen LogP contribution is -2.23. The van der Waals surface area contributed by atoms with E-state index < -0.39 is 10.8 Å². The van der Waals surface area contributed by atoms with E-state index in [1.165, 1.54) is 0 Å². The molecule has 2 unspecified atom stereocenters. The Kier molecular flexibility index (Phi) is 6.26. The van der Waals surface area contributed by atoms with Crippen LogP contribution in [0.5, 0.6) is 0 Å². The molecule has 3 nitrogen and oxygen atoms in total. The second kappa shape index (κ2) is 7.52. The Morgan fingerprint density at radius 3 is 2.88 bits per heavy atom. The van der Waals surface area contributed by atoms with Gasteiger partial charge in [0, 0.05) is 47.2 Å². The molecule has 2 atom stereocenters. The molecule has 0 aliphatic rings. The highest BCUT2D eigenvalue weighted by Crippen LogP contribution is 1.97. The van der Waals surface area contributed by atoms with Crippen molar-refractivity contribution in [3.63, 3.8) is 0 Å². The van der Waals surface area contributed by atoms with Crippen LogP contribution >= 0.6 is 0 Å². The largest absolute Gasteiger partial charge is 0.316 e.